The van der Waals surface area contributed by atoms with E-state index in [-0.39, 0.29) is 11.7 Å². The minimum absolute atomic E-state index is 0.107. The molecule has 1 aliphatic carbocycles. The molecule has 1 atom stereocenters. The molecule has 1 unspecified atom stereocenters. The molecule has 2 rings (SSSR count). The number of hydrogen-bond donors (Lipinski definition) is 3. The number of carboxylic acid groups (broad SMARTS) is 1. The van der Waals surface area contributed by atoms with Crippen molar-refractivity contribution in [3.05, 3.63) is 24.0 Å². The highest BCUT2D eigenvalue weighted by Crippen LogP contribution is 2.16. The summed E-state index contributed by atoms with van der Waals surface area (Å²) in [4.78, 5) is 22.2. The van der Waals surface area contributed by atoms with Gasteiger partial charge >= 0.3 is 12.0 Å². The van der Waals surface area contributed by atoms with E-state index in [9.17, 15) is 9.59 Å². The summed E-state index contributed by atoms with van der Waals surface area (Å²) in [6.45, 7) is 1.40. The van der Waals surface area contributed by atoms with Gasteiger partial charge in [-0.05, 0) is 25.2 Å². The van der Waals surface area contributed by atoms with Crippen LogP contribution in [0.3, 0.4) is 0 Å². The van der Waals surface area contributed by atoms with E-state index in [1.807, 2.05) is 0 Å². The highest BCUT2D eigenvalue weighted by Gasteiger charge is 2.11. The lowest BCUT2D eigenvalue weighted by molar-refractivity contribution is 0.0690. The molecular formula is C13H19N5O3. The molecule has 1 aromatic rings. The number of urea groups is 1. The molecule has 1 heterocycles. The van der Waals surface area contributed by atoms with Crippen molar-refractivity contribution in [3.8, 4) is 0 Å². The molecule has 114 valence electrons. The van der Waals surface area contributed by atoms with Gasteiger partial charge in [-0.1, -0.05) is 17.4 Å². The smallest absolute Gasteiger partial charge is 0.358 e. The summed E-state index contributed by atoms with van der Waals surface area (Å²) < 4.78 is 1.38. The van der Waals surface area contributed by atoms with Gasteiger partial charge in [0.15, 0.2) is 5.69 Å². The summed E-state index contributed by atoms with van der Waals surface area (Å²) in [7, 11) is 0. The van der Waals surface area contributed by atoms with Crippen molar-refractivity contribution in [1.82, 2.24) is 25.6 Å². The van der Waals surface area contributed by atoms with Crippen LogP contribution in [0.25, 0.3) is 0 Å². The molecule has 0 aliphatic heterocycles. The standard InChI is InChI=1S/C13H19N5O3/c19-12(20)11-9-18(17-16-11)7-6-14-13(21)15-8-10-4-2-1-3-5-10/h1-2,9-10H,3-8H2,(H,19,20)(H2,14,15,21). The van der Waals surface area contributed by atoms with Gasteiger partial charge in [-0.15, -0.1) is 5.10 Å². The fraction of sp³-hybridized carbons (Fsp3) is 0.538. The lowest BCUT2D eigenvalue weighted by atomic mass is 9.94. The van der Waals surface area contributed by atoms with E-state index in [2.05, 4.69) is 33.1 Å². The van der Waals surface area contributed by atoms with Gasteiger partial charge in [-0.25, -0.2) is 14.3 Å². The van der Waals surface area contributed by atoms with E-state index in [0.717, 1.165) is 19.3 Å². The molecular weight excluding hydrogens is 274 g/mol. The minimum Gasteiger partial charge on any atom is -0.476 e. The number of carboxylic acids is 1. The summed E-state index contributed by atoms with van der Waals surface area (Å²) in [6, 6.07) is -0.219. The molecule has 0 fully saturated rings. The quantitative estimate of drug-likeness (QED) is 0.667. The molecule has 8 heteroatoms. The first-order chi connectivity index (χ1) is 10.1. The van der Waals surface area contributed by atoms with Gasteiger partial charge < -0.3 is 15.7 Å². The number of rotatable bonds is 6. The zero-order valence-corrected chi connectivity index (χ0v) is 11.7. The van der Waals surface area contributed by atoms with Crippen LogP contribution in [-0.2, 0) is 6.54 Å². The van der Waals surface area contributed by atoms with Crippen LogP contribution in [0.4, 0.5) is 4.79 Å². The Morgan fingerprint density at radius 2 is 2.24 bits per heavy atom. The summed E-state index contributed by atoms with van der Waals surface area (Å²) >= 11 is 0. The van der Waals surface area contributed by atoms with Crippen LogP contribution in [0.1, 0.15) is 29.8 Å². The van der Waals surface area contributed by atoms with Crippen LogP contribution in [0, 0.1) is 5.92 Å². The molecule has 0 saturated heterocycles. The van der Waals surface area contributed by atoms with Gasteiger partial charge in [0.1, 0.15) is 0 Å². The Morgan fingerprint density at radius 1 is 1.38 bits per heavy atom. The van der Waals surface area contributed by atoms with Gasteiger partial charge in [0.05, 0.1) is 12.7 Å². The van der Waals surface area contributed by atoms with E-state index in [4.69, 9.17) is 5.11 Å². The Balaban J connectivity index is 1.62. The lowest BCUT2D eigenvalue weighted by Gasteiger charge is -2.18. The third-order valence-electron chi connectivity index (χ3n) is 3.31. The Labute approximate surface area is 122 Å². The van der Waals surface area contributed by atoms with Crippen LogP contribution in [0.5, 0.6) is 0 Å². The molecule has 1 aromatic heterocycles. The Bertz CT molecular complexity index is 526. The van der Waals surface area contributed by atoms with Crippen molar-refractivity contribution in [2.45, 2.75) is 25.8 Å². The molecule has 0 saturated carbocycles. The number of aromatic nitrogens is 3. The Kier molecular flexibility index (Phi) is 5.30. The Hall–Kier alpha value is -2.38. The van der Waals surface area contributed by atoms with Gasteiger partial charge in [-0.3, -0.25) is 0 Å². The van der Waals surface area contributed by atoms with Gasteiger partial charge in [0.25, 0.3) is 0 Å². The average Bonchev–Trinajstić information content (AvgIpc) is 2.95. The largest absolute Gasteiger partial charge is 0.476 e. The normalized spacial score (nSPS) is 17.4. The first-order valence-electron chi connectivity index (χ1n) is 6.95. The number of carbonyl (C=O) groups is 2. The molecule has 8 nitrogen and oxygen atoms in total. The lowest BCUT2D eigenvalue weighted by Crippen LogP contribution is -2.39. The van der Waals surface area contributed by atoms with E-state index in [1.54, 1.807) is 0 Å². The zero-order chi connectivity index (χ0) is 15.1. The van der Waals surface area contributed by atoms with Crippen molar-refractivity contribution in [2.24, 2.45) is 5.92 Å². The Morgan fingerprint density at radius 3 is 2.90 bits per heavy atom. The summed E-state index contributed by atoms with van der Waals surface area (Å²) in [6.07, 6.45) is 8.84. The number of nitrogens with zero attached hydrogens (tertiary/aromatic N) is 3. The number of hydrogen-bond acceptors (Lipinski definition) is 4. The summed E-state index contributed by atoms with van der Waals surface area (Å²) in [5.41, 5.74) is -0.107. The first kappa shape index (κ1) is 15.0. The minimum atomic E-state index is -1.12. The van der Waals surface area contributed by atoms with Gasteiger partial charge in [0, 0.05) is 13.1 Å². The zero-order valence-electron chi connectivity index (χ0n) is 11.7. The van der Waals surface area contributed by atoms with Crippen molar-refractivity contribution >= 4 is 12.0 Å². The van der Waals surface area contributed by atoms with Crippen molar-refractivity contribution in [2.75, 3.05) is 13.1 Å². The molecule has 1 aliphatic rings. The summed E-state index contributed by atoms with van der Waals surface area (Å²) in [5, 5.41) is 21.4. The molecule has 2 amide bonds. The van der Waals surface area contributed by atoms with Crippen molar-refractivity contribution < 1.29 is 14.7 Å². The molecule has 0 bridgehead atoms. The highest BCUT2D eigenvalue weighted by atomic mass is 16.4. The van der Waals surface area contributed by atoms with Crippen LogP contribution < -0.4 is 10.6 Å². The molecule has 3 N–H and O–H groups in total. The molecule has 0 radical (unpaired) electrons. The maximum atomic E-state index is 11.6. The predicted molar refractivity (Wildman–Crippen MR) is 74.9 cm³/mol. The second-order valence-corrected chi connectivity index (χ2v) is 4.96. The fourth-order valence-electron chi connectivity index (χ4n) is 2.13. The molecule has 0 spiro atoms. The second-order valence-electron chi connectivity index (χ2n) is 4.96. The van der Waals surface area contributed by atoms with E-state index < -0.39 is 5.97 Å². The van der Waals surface area contributed by atoms with Crippen LogP contribution in [0.15, 0.2) is 18.3 Å². The van der Waals surface area contributed by atoms with Crippen molar-refractivity contribution in [1.29, 1.82) is 0 Å². The van der Waals surface area contributed by atoms with Crippen LogP contribution in [0.2, 0.25) is 0 Å². The van der Waals surface area contributed by atoms with Crippen LogP contribution in [-0.4, -0.2) is 45.2 Å². The number of allylic oxidation sites excluding steroid dienone is 2. The van der Waals surface area contributed by atoms with Crippen molar-refractivity contribution in [3.63, 3.8) is 0 Å². The van der Waals surface area contributed by atoms with Gasteiger partial charge in [0.2, 0.25) is 0 Å². The second kappa shape index (κ2) is 7.41. The number of amides is 2. The fourth-order valence-corrected chi connectivity index (χ4v) is 2.13. The van der Waals surface area contributed by atoms with Gasteiger partial charge in [-0.2, -0.15) is 0 Å². The van der Waals surface area contributed by atoms with E-state index in [0.29, 0.717) is 25.6 Å². The molecule has 21 heavy (non-hydrogen) atoms. The molecule has 0 aromatic carbocycles. The topological polar surface area (TPSA) is 109 Å². The van der Waals surface area contributed by atoms with Crippen LogP contribution >= 0.6 is 0 Å². The number of carbonyl (C=O) groups excluding carboxylic acids is 1. The summed E-state index contributed by atoms with van der Waals surface area (Å²) in [5.74, 6) is -0.609. The SMILES string of the molecule is O=C(NCCn1cc(C(=O)O)nn1)NCC1CC=CCC1. The number of nitrogens with one attached hydrogen (secondary N) is 2. The first-order valence-corrected chi connectivity index (χ1v) is 6.95. The maximum Gasteiger partial charge on any atom is 0.358 e. The highest BCUT2D eigenvalue weighted by molar-refractivity contribution is 5.84. The third-order valence-corrected chi connectivity index (χ3v) is 3.31. The van der Waals surface area contributed by atoms with E-state index in [1.165, 1.54) is 10.9 Å². The average molecular weight is 293 g/mol. The monoisotopic (exact) mass is 293 g/mol. The van der Waals surface area contributed by atoms with E-state index >= 15 is 0 Å². The third kappa shape index (κ3) is 4.90. The number of aromatic carboxylic acids is 1. The maximum absolute atomic E-state index is 11.6. The predicted octanol–water partition coefficient (Wildman–Crippen LogP) is 0.632.